The summed E-state index contributed by atoms with van der Waals surface area (Å²) in [5.74, 6) is 0.0798. The maximum atomic E-state index is 12.9. The number of ether oxygens (including phenoxy) is 1. The highest BCUT2D eigenvalue weighted by Crippen LogP contribution is 2.20. The Morgan fingerprint density at radius 1 is 1.27 bits per heavy atom. The second-order valence-corrected chi connectivity index (χ2v) is 5.91. The number of halogens is 1. The highest BCUT2D eigenvalue weighted by atomic mass is 19.1. The van der Waals surface area contributed by atoms with E-state index < -0.39 is 0 Å². The van der Waals surface area contributed by atoms with Gasteiger partial charge in [-0.05, 0) is 50.3 Å². The molecule has 1 heterocycles. The van der Waals surface area contributed by atoms with Crippen LogP contribution in [0.1, 0.15) is 26.0 Å². The molecule has 2 rings (SSSR count). The first kappa shape index (κ1) is 20.1. The molecule has 0 atom stereocenters. The second-order valence-electron chi connectivity index (χ2n) is 5.91. The topological polar surface area (TPSA) is 67.6 Å². The summed E-state index contributed by atoms with van der Waals surface area (Å²) >= 11 is 0. The molecule has 7 heteroatoms. The standard InChI is InChI=1S/C19H26FN3O3/c1-3-23(4-2)11-5-10-21-19(24)14-25-13-17-12-18(26-22-17)15-6-8-16(20)9-7-15/h6-9,12H,3-5,10-11,13-14H2,1-2H3,(H,21,24). The minimum Gasteiger partial charge on any atom is -0.365 e. The zero-order valence-electron chi connectivity index (χ0n) is 15.3. The molecule has 0 fully saturated rings. The van der Waals surface area contributed by atoms with Crippen LogP contribution < -0.4 is 5.32 Å². The third kappa shape index (κ3) is 6.57. The number of aromatic nitrogens is 1. The van der Waals surface area contributed by atoms with Crippen LogP contribution in [0.4, 0.5) is 4.39 Å². The van der Waals surface area contributed by atoms with E-state index in [9.17, 15) is 9.18 Å². The second kappa shape index (κ2) is 10.7. The molecule has 1 aromatic heterocycles. The molecule has 1 aromatic carbocycles. The fraction of sp³-hybridized carbons (Fsp3) is 0.474. The predicted octanol–water partition coefficient (Wildman–Crippen LogP) is 2.85. The van der Waals surface area contributed by atoms with Crippen molar-refractivity contribution in [3.05, 3.63) is 41.8 Å². The Hall–Kier alpha value is -2.25. The lowest BCUT2D eigenvalue weighted by atomic mass is 10.1. The molecule has 6 nitrogen and oxygen atoms in total. The molecule has 2 aromatic rings. The highest BCUT2D eigenvalue weighted by Gasteiger charge is 2.08. The zero-order chi connectivity index (χ0) is 18.8. The van der Waals surface area contributed by atoms with Gasteiger partial charge >= 0.3 is 0 Å². The first-order valence-corrected chi connectivity index (χ1v) is 8.90. The molecule has 0 radical (unpaired) electrons. The minimum atomic E-state index is -0.306. The van der Waals surface area contributed by atoms with E-state index in [0.717, 1.165) is 31.6 Å². The fourth-order valence-corrected chi connectivity index (χ4v) is 2.50. The first-order chi connectivity index (χ1) is 12.6. The van der Waals surface area contributed by atoms with E-state index in [1.54, 1.807) is 18.2 Å². The van der Waals surface area contributed by atoms with E-state index in [0.29, 0.717) is 18.0 Å². The molecule has 0 aliphatic heterocycles. The van der Waals surface area contributed by atoms with Crippen LogP contribution in [0.5, 0.6) is 0 Å². The Kier molecular flexibility index (Phi) is 8.24. The number of carbonyl (C=O) groups excluding carboxylic acids is 1. The average molecular weight is 363 g/mol. The molecule has 0 bridgehead atoms. The van der Waals surface area contributed by atoms with Gasteiger partial charge in [-0.2, -0.15) is 0 Å². The Labute approximate surface area is 153 Å². The third-order valence-electron chi connectivity index (χ3n) is 4.04. The van der Waals surface area contributed by atoms with Gasteiger partial charge in [-0.15, -0.1) is 0 Å². The van der Waals surface area contributed by atoms with E-state index >= 15 is 0 Å². The molecule has 0 spiro atoms. The molecule has 0 unspecified atom stereocenters. The van der Waals surface area contributed by atoms with Crippen LogP contribution in [0.15, 0.2) is 34.9 Å². The van der Waals surface area contributed by atoms with Crippen molar-refractivity contribution in [2.75, 3.05) is 32.8 Å². The molecule has 0 saturated carbocycles. The largest absolute Gasteiger partial charge is 0.365 e. The van der Waals surface area contributed by atoms with Crippen LogP contribution in [0.3, 0.4) is 0 Å². The summed E-state index contributed by atoms with van der Waals surface area (Å²) in [5, 5.41) is 6.73. The van der Waals surface area contributed by atoms with Crippen molar-refractivity contribution in [1.29, 1.82) is 0 Å². The molecule has 1 N–H and O–H groups in total. The minimum absolute atomic E-state index is 0.0238. The van der Waals surface area contributed by atoms with Crippen LogP contribution in [0.25, 0.3) is 11.3 Å². The molecule has 0 aliphatic carbocycles. The van der Waals surface area contributed by atoms with E-state index in [-0.39, 0.29) is 24.9 Å². The molecule has 0 aliphatic rings. The molecular formula is C19H26FN3O3. The van der Waals surface area contributed by atoms with Crippen LogP contribution in [0.2, 0.25) is 0 Å². The maximum absolute atomic E-state index is 12.9. The average Bonchev–Trinajstić information content (AvgIpc) is 3.11. The normalized spacial score (nSPS) is 11.1. The van der Waals surface area contributed by atoms with Crippen LogP contribution >= 0.6 is 0 Å². The zero-order valence-corrected chi connectivity index (χ0v) is 15.3. The summed E-state index contributed by atoms with van der Waals surface area (Å²) in [6.07, 6.45) is 0.914. The van der Waals surface area contributed by atoms with Gasteiger partial charge in [0.25, 0.3) is 0 Å². The van der Waals surface area contributed by atoms with Crippen molar-refractivity contribution in [3.8, 4) is 11.3 Å². The summed E-state index contributed by atoms with van der Waals surface area (Å²) in [6.45, 7) is 8.05. The van der Waals surface area contributed by atoms with Crippen molar-refractivity contribution >= 4 is 5.91 Å². The molecule has 142 valence electrons. The summed E-state index contributed by atoms with van der Waals surface area (Å²) in [7, 11) is 0. The molecule has 0 saturated heterocycles. The van der Waals surface area contributed by atoms with Gasteiger partial charge in [0.05, 0.1) is 6.61 Å². The Morgan fingerprint density at radius 3 is 2.69 bits per heavy atom. The van der Waals surface area contributed by atoms with E-state index in [1.807, 2.05) is 0 Å². The number of benzene rings is 1. The summed E-state index contributed by atoms with van der Waals surface area (Å²) in [5.41, 5.74) is 1.31. The van der Waals surface area contributed by atoms with Gasteiger partial charge in [0.1, 0.15) is 18.1 Å². The summed E-state index contributed by atoms with van der Waals surface area (Å²) in [6, 6.07) is 7.67. The van der Waals surface area contributed by atoms with Gasteiger partial charge < -0.3 is 19.5 Å². The Morgan fingerprint density at radius 2 is 2.00 bits per heavy atom. The van der Waals surface area contributed by atoms with E-state index in [4.69, 9.17) is 9.26 Å². The Balaban J connectivity index is 1.65. The number of amides is 1. The molecular weight excluding hydrogens is 337 g/mol. The van der Waals surface area contributed by atoms with Crippen molar-refractivity contribution in [3.63, 3.8) is 0 Å². The molecule has 26 heavy (non-hydrogen) atoms. The van der Waals surface area contributed by atoms with Gasteiger partial charge in [0, 0.05) is 18.2 Å². The van der Waals surface area contributed by atoms with Crippen molar-refractivity contribution < 1.29 is 18.4 Å². The number of hydrogen-bond acceptors (Lipinski definition) is 5. The van der Waals surface area contributed by atoms with Crippen molar-refractivity contribution in [1.82, 2.24) is 15.4 Å². The van der Waals surface area contributed by atoms with Gasteiger partial charge in [0.2, 0.25) is 5.91 Å². The molecule has 1 amide bonds. The van der Waals surface area contributed by atoms with Crippen LogP contribution in [-0.4, -0.2) is 48.7 Å². The van der Waals surface area contributed by atoms with Gasteiger partial charge in [-0.25, -0.2) is 4.39 Å². The van der Waals surface area contributed by atoms with Crippen LogP contribution in [0, 0.1) is 5.82 Å². The number of nitrogens with one attached hydrogen (secondary N) is 1. The van der Waals surface area contributed by atoms with Crippen LogP contribution in [-0.2, 0) is 16.1 Å². The fourth-order valence-electron chi connectivity index (χ4n) is 2.50. The van der Waals surface area contributed by atoms with E-state index in [1.165, 1.54) is 12.1 Å². The highest BCUT2D eigenvalue weighted by molar-refractivity contribution is 5.77. The van der Waals surface area contributed by atoms with Gasteiger partial charge in [-0.3, -0.25) is 4.79 Å². The van der Waals surface area contributed by atoms with Gasteiger partial charge in [0.15, 0.2) is 5.76 Å². The van der Waals surface area contributed by atoms with Gasteiger partial charge in [-0.1, -0.05) is 19.0 Å². The maximum Gasteiger partial charge on any atom is 0.246 e. The predicted molar refractivity (Wildman–Crippen MR) is 97.0 cm³/mol. The van der Waals surface area contributed by atoms with Crippen molar-refractivity contribution in [2.45, 2.75) is 26.9 Å². The van der Waals surface area contributed by atoms with E-state index in [2.05, 4.69) is 29.2 Å². The lowest BCUT2D eigenvalue weighted by molar-refractivity contribution is -0.126. The summed E-state index contributed by atoms with van der Waals surface area (Å²) in [4.78, 5) is 14.1. The lowest BCUT2D eigenvalue weighted by Crippen LogP contribution is -2.31. The number of nitrogens with zero attached hydrogens (tertiary/aromatic N) is 2. The third-order valence-corrected chi connectivity index (χ3v) is 4.04. The number of carbonyl (C=O) groups is 1. The number of hydrogen-bond donors (Lipinski definition) is 1. The smallest absolute Gasteiger partial charge is 0.246 e. The Bertz CT molecular complexity index is 669. The summed E-state index contributed by atoms with van der Waals surface area (Å²) < 4.78 is 23.5. The monoisotopic (exact) mass is 363 g/mol. The van der Waals surface area contributed by atoms with Crippen molar-refractivity contribution in [2.24, 2.45) is 0 Å². The first-order valence-electron chi connectivity index (χ1n) is 8.90. The lowest BCUT2D eigenvalue weighted by Gasteiger charge is -2.17. The SMILES string of the molecule is CCN(CC)CCCNC(=O)COCc1cc(-c2ccc(F)cc2)on1. The number of rotatable bonds is 11. The quantitative estimate of drug-likeness (QED) is 0.622.